The van der Waals surface area contributed by atoms with E-state index in [1.165, 1.54) is 0 Å². The number of anilines is 1. The van der Waals surface area contributed by atoms with Gasteiger partial charge in [-0.15, -0.1) is 0 Å². The molecule has 25 heavy (non-hydrogen) atoms. The molecule has 2 N–H and O–H groups in total. The number of amides is 2. The number of hydrogen-bond donors (Lipinski definition) is 2. The largest absolute Gasteiger partial charge is 0.497 e. The second-order valence-corrected chi connectivity index (χ2v) is 5.95. The van der Waals surface area contributed by atoms with E-state index in [-0.39, 0.29) is 6.04 Å². The van der Waals surface area contributed by atoms with Gasteiger partial charge in [0, 0.05) is 11.3 Å². The van der Waals surface area contributed by atoms with Gasteiger partial charge in [-0.3, -0.25) is 9.59 Å². The molecule has 1 atom stereocenters. The molecule has 1 aliphatic rings. The van der Waals surface area contributed by atoms with Crippen LogP contribution in [0.3, 0.4) is 0 Å². The molecule has 0 aliphatic carbocycles. The molecule has 0 radical (unpaired) electrons. The average Bonchev–Trinajstić information content (AvgIpc) is 3.02. The molecule has 2 aromatic rings. The van der Waals surface area contributed by atoms with Gasteiger partial charge in [-0.05, 0) is 49.2 Å². The van der Waals surface area contributed by atoms with Crippen molar-refractivity contribution in [2.75, 3.05) is 19.0 Å². The van der Waals surface area contributed by atoms with E-state index in [0.29, 0.717) is 18.0 Å². The summed E-state index contributed by atoms with van der Waals surface area (Å²) >= 11 is 0. The lowest BCUT2D eigenvalue weighted by Crippen LogP contribution is -2.38. The molecule has 0 spiro atoms. The van der Waals surface area contributed by atoms with Crippen LogP contribution in [0.15, 0.2) is 36.4 Å². The van der Waals surface area contributed by atoms with Gasteiger partial charge in [0.1, 0.15) is 18.1 Å². The van der Waals surface area contributed by atoms with Gasteiger partial charge in [0.25, 0.3) is 0 Å². The highest BCUT2D eigenvalue weighted by molar-refractivity contribution is 6.39. The summed E-state index contributed by atoms with van der Waals surface area (Å²) in [5.74, 6) is 0.0478. The van der Waals surface area contributed by atoms with Crippen molar-refractivity contribution in [3.63, 3.8) is 0 Å². The van der Waals surface area contributed by atoms with Crippen molar-refractivity contribution < 1.29 is 19.1 Å². The Bertz CT molecular complexity index is 815. The lowest BCUT2D eigenvalue weighted by atomic mass is 10.0. The first-order chi connectivity index (χ1) is 12.0. The maximum atomic E-state index is 12.2. The highest BCUT2D eigenvalue weighted by Crippen LogP contribution is 2.36. The summed E-state index contributed by atoms with van der Waals surface area (Å²) in [5, 5.41) is 5.29. The third-order valence-corrected chi connectivity index (χ3v) is 4.34. The maximum absolute atomic E-state index is 12.2. The Morgan fingerprint density at radius 2 is 1.80 bits per heavy atom. The standard InChI is InChI=1S/C19H20N2O4/c1-11-4-9-15-16(10-25-17(15)12(11)2)21-19(23)18(22)20-13-5-7-14(24-3)8-6-13/h4-9,16H,10H2,1-3H3,(H,20,22)(H,21,23)/t16-/m0/s1. The van der Waals surface area contributed by atoms with Gasteiger partial charge in [-0.2, -0.15) is 0 Å². The third kappa shape index (κ3) is 3.42. The molecule has 2 amide bonds. The van der Waals surface area contributed by atoms with Crippen LogP contribution in [0.2, 0.25) is 0 Å². The lowest BCUT2D eigenvalue weighted by Gasteiger charge is -2.12. The molecule has 1 aliphatic heterocycles. The van der Waals surface area contributed by atoms with Crippen molar-refractivity contribution in [3.05, 3.63) is 53.1 Å². The van der Waals surface area contributed by atoms with Crippen molar-refractivity contribution >= 4 is 17.5 Å². The smallest absolute Gasteiger partial charge is 0.313 e. The molecular weight excluding hydrogens is 320 g/mol. The Hall–Kier alpha value is -3.02. The highest BCUT2D eigenvalue weighted by atomic mass is 16.5. The van der Waals surface area contributed by atoms with Gasteiger partial charge in [0.15, 0.2) is 0 Å². The second-order valence-electron chi connectivity index (χ2n) is 5.95. The van der Waals surface area contributed by atoms with E-state index in [9.17, 15) is 9.59 Å². The van der Waals surface area contributed by atoms with Gasteiger partial charge in [-0.1, -0.05) is 12.1 Å². The van der Waals surface area contributed by atoms with Crippen LogP contribution >= 0.6 is 0 Å². The van der Waals surface area contributed by atoms with Crippen LogP contribution in [0.4, 0.5) is 5.69 Å². The van der Waals surface area contributed by atoms with Crippen LogP contribution in [0.1, 0.15) is 22.7 Å². The summed E-state index contributed by atoms with van der Waals surface area (Å²) in [5.41, 5.74) is 3.60. The molecule has 6 heteroatoms. The number of methoxy groups -OCH3 is 1. The lowest BCUT2D eigenvalue weighted by molar-refractivity contribution is -0.136. The van der Waals surface area contributed by atoms with Crippen LogP contribution in [0.25, 0.3) is 0 Å². The average molecular weight is 340 g/mol. The van der Waals surface area contributed by atoms with Crippen molar-refractivity contribution in [1.29, 1.82) is 0 Å². The summed E-state index contributed by atoms with van der Waals surface area (Å²) in [6.07, 6.45) is 0. The molecule has 0 saturated carbocycles. The summed E-state index contributed by atoms with van der Waals surface area (Å²) in [6, 6.07) is 10.3. The Labute approximate surface area is 146 Å². The number of carbonyl (C=O) groups is 2. The number of benzene rings is 2. The summed E-state index contributed by atoms with van der Waals surface area (Å²) in [4.78, 5) is 24.3. The fourth-order valence-electron chi connectivity index (χ4n) is 2.74. The Kier molecular flexibility index (Phi) is 4.61. The van der Waals surface area contributed by atoms with Crippen molar-refractivity contribution in [3.8, 4) is 11.5 Å². The minimum Gasteiger partial charge on any atom is -0.497 e. The van der Waals surface area contributed by atoms with E-state index < -0.39 is 11.8 Å². The molecule has 0 saturated heterocycles. The number of carbonyl (C=O) groups excluding carboxylic acids is 2. The topological polar surface area (TPSA) is 76.7 Å². The van der Waals surface area contributed by atoms with Crippen molar-refractivity contribution in [2.24, 2.45) is 0 Å². The molecule has 130 valence electrons. The number of ether oxygens (including phenoxy) is 2. The molecule has 6 nitrogen and oxygen atoms in total. The summed E-state index contributed by atoms with van der Waals surface area (Å²) in [6.45, 7) is 4.31. The normalized spacial score (nSPS) is 15.1. The fraction of sp³-hybridized carbons (Fsp3) is 0.263. The Morgan fingerprint density at radius 1 is 1.08 bits per heavy atom. The Morgan fingerprint density at radius 3 is 2.48 bits per heavy atom. The molecular formula is C19H20N2O4. The van der Waals surface area contributed by atoms with Gasteiger partial charge in [0.2, 0.25) is 0 Å². The number of hydrogen-bond acceptors (Lipinski definition) is 4. The molecule has 0 unspecified atom stereocenters. The van der Waals surface area contributed by atoms with E-state index in [1.54, 1.807) is 31.4 Å². The van der Waals surface area contributed by atoms with Crippen LogP contribution < -0.4 is 20.1 Å². The van der Waals surface area contributed by atoms with E-state index >= 15 is 0 Å². The number of aryl methyl sites for hydroxylation is 1. The van der Waals surface area contributed by atoms with Crippen molar-refractivity contribution in [2.45, 2.75) is 19.9 Å². The minimum atomic E-state index is -0.720. The van der Waals surface area contributed by atoms with E-state index in [1.807, 2.05) is 26.0 Å². The van der Waals surface area contributed by atoms with Crippen LogP contribution in [0, 0.1) is 13.8 Å². The maximum Gasteiger partial charge on any atom is 0.313 e. The predicted molar refractivity (Wildman–Crippen MR) is 93.9 cm³/mol. The summed E-state index contributed by atoms with van der Waals surface area (Å²) in [7, 11) is 1.56. The second kappa shape index (κ2) is 6.84. The first kappa shape index (κ1) is 16.8. The Balaban J connectivity index is 1.65. The zero-order chi connectivity index (χ0) is 18.0. The zero-order valence-corrected chi connectivity index (χ0v) is 14.4. The fourth-order valence-corrected chi connectivity index (χ4v) is 2.74. The highest BCUT2D eigenvalue weighted by Gasteiger charge is 2.29. The van der Waals surface area contributed by atoms with Crippen LogP contribution in [-0.4, -0.2) is 25.5 Å². The molecule has 0 bridgehead atoms. The van der Waals surface area contributed by atoms with Crippen molar-refractivity contribution in [1.82, 2.24) is 5.32 Å². The molecule has 0 aromatic heterocycles. The third-order valence-electron chi connectivity index (χ3n) is 4.34. The quantitative estimate of drug-likeness (QED) is 0.842. The van der Waals surface area contributed by atoms with Gasteiger partial charge in [-0.25, -0.2) is 0 Å². The van der Waals surface area contributed by atoms with Gasteiger partial charge in [0.05, 0.1) is 13.2 Å². The van der Waals surface area contributed by atoms with E-state index in [2.05, 4.69) is 10.6 Å². The van der Waals surface area contributed by atoms with E-state index in [4.69, 9.17) is 9.47 Å². The monoisotopic (exact) mass is 340 g/mol. The first-order valence-electron chi connectivity index (χ1n) is 7.98. The minimum absolute atomic E-state index is 0.321. The number of fused-ring (bicyclic) bond motifs is 1. The van der Waals surface area contributed by atoms with Gasteiger partial charge >= 0.3 is 11.8 Å². The summed E-state index contributed by atoms with van der Waals surface area (Å²) < 4.78 is 10.7. The van der Waals surface area contributed by atoms with Crippen LogP contribution in [-0.2, 0) is 9.59 Å². The van der Waals surface area contributed by atoms with Crippen LogP contribution in [0.5, 0.6) is 11.5 Å². The van der Waals surface area contributed by atoms with Gasteiger partial charge < -0.3 is 20.1 Å². The zero-order valence-electron chi connectivity index (χ0n) is 14.4. The predicted octanol–water partition coefficient (Wildman–Crippen LogP) is 2.50. The molecule has 0 fully saturated rings. The number of nitrogens with one attached hydrogen (secondary N) is 2. The molecule has 1 heterocycles. The number of rotatable bonds is 3. The first-order valence-corrected chi connectivity index (χ1v) is 7.98. The van der Waals surface area contributed by atoms with E-state index in [0.717, 1.165) is 22.4 Å². The molecule has 3 rings (SSSR count). The SMILES string of the molecule is COc1ccc(NC(=O)C(=O)N[C@H]2COc3c2ccc(C)c3C)cc1. The molecule has 2 aromatic carbocycles.